The number of benzene rings is 2. The first-order valence-corrected chi connectivity index (χ1v) is 9.89. The summed E-state index contributed by atoms with van der Waals surface area (Å²) in [6, 6.07) is 21.0. The van der Waals surface area contributed by atoms with Crippen molar-refractivity contribution in [3.8, 4) is 0 Å². The molecule has 1 amide bonds. The van der Waals surface area contributed by atoms with Crippen molar-refractivity contribution in [2.24, 2.45) is 0 Å². The molecular weight excluding hydrogens is 336 g/mol. The molecule has 0 spiro atoms. The molecule has 4 nitrogen and oxygen atoms in total. The van der Waals surface area contributed by atoms with Crippen LogP contribution >= 0.6 is 0 Å². The summed E-state index contributed by atoms with van der Waals surface area (Å²) in [4.78, 5) is 14.2. The maximum absolute atomic E-state index is 12.0. The van der Waals surface area contributed by atoms with Gasteiger partial charge in [0.05, 0.1) is 12.6 Å². The molecule has 1 heterocycles. The Kier molecular flexibility index (Phi) is 7.02. The van der Waals surface area contributed by atoms with E-state index in [1.807, 2.05) is 26.0 Å². The molecule has 0 saturated carbocycles. The lowest BCUT2D eigenvalue weighted by Gasteiger charge is -2.34. The Labute approximate surface area is 162 Å². The van der Waals surface area contributed by atoms with Crippen LogP contribution in [0.25, 0.3) is 0 Å². The van der Waals surface area contributed by atoms with Crippen molar-refractivity contribution in [2.75, 3.05) is 19.6 Å². The molecule has 0 aromatic heterocycles. The summed E-state index contributed by atoms with van der Waals surface area (Å²) in [7, 11) is 0. The third-order valence-corrected chi connectivity index (χ3v) is 4.88. The second kappa shape index (κ2) is 9.67. The van der Waals surface area contributed by atoms with E-state index in [0.29, 0.717) is 6.54 Å². The van der Waals surface area contributed by atoms with E-state index in [9.17, 15) is 4.79 Å². The molecule has 2 aromatic carbocycles. The molecule has 0 aliphatic carbocycles. The Morgan fingerprint density at radius 2 is 1.52 bits per heavy atom. The van der Waals surface area contributed by atoms with Crippen LogP contribution in [-0.4, -0.2) is 42.6 Å². The summed E-state index contributed by atoms with van der Waals surface area (Å²) >= 11 is 0. The Morgan fingerprint density at radius 1 is 1.00 bits per heavy atom. The van der Waals surface area contributed by atoms with E-state index in [1.54, 1.807) is 0 Å². The first kappa shape index (κ1) is 19.6. The third kappa shape index (κ3) is 5.91. The monoisotopic (exact) mass is 366 g/mol. The Balaban J connectivity index is 1.59. The Hall–Kier alpha value is -2.17. The number of nitrogens with zero attached hydrogens (tertiary/aromatic N) is 1. The number of carbonyl (C=O) groups is 1. The highest BCUT2D eigenvalue weighted by molar-refractivity contribution is 5.78. The van der Waals surface area contributed by atoms with Gasteiger partial charge in [0.15, 0.2) is 0 Å². The third-order valence-electron chi connectivity index (χ3n) is 4.88. The normalized spacial score (nSPS) is 16.0. The highest BCUT2D eigenvalue weighted by Gasteiger charge is 2.25. The van der Waals surface area contributed by atoms with Crippen molar-refractivity contribution in [3.05, 3.63) is 71.8 Å². The molecule has 1 aliphatic rings. The molecule has 1 saturated heterocycles. The minimum atomic E-state index is -0.0480. The number of ether oxygens (including phenoxy) is 1. The molecule has 4 heteroatoms. The van der Waals surface area contributed by atoms with Gasteiger partial charge in [-0.3, -0.25) is 9.69 Å². The number of hydrogen-bond acceptors (Lipinski definition) is 3. The predicted molar refractivity (Wildman–Crippen MR) is 109 cm³/mol. The van der Waals surface area contributed by atoms with Crippen molar-refractivity contribution < 1.29 is 9.53 Å². The van der Waals surface area contributed by atoms with E-state index in [0.717, 1.165) is 25.9 Å². The van der Waals surface area contributed by atoms with Gasteiger partial charge < -0.3 is 10.1 Å². The van der Waals surface area contributed by atoms with Gasteiger partial charge >= 0.3 is 0 Å². The molecule has 0 unspecified atom stereocenters. The number of piperidine rings is 1. The molecule has 0 radical (unpaired) electrons. The maximum atomic E-state index is 12.0. The number of hydrogen-bond donors (Lipinski definition) is 1. The lowest BCUT2D eigenvalue weighted by molar-refractivity contribution is -0.123. The van der Waals surface area contributed by atoms with Crippen LogP contribution < -0.4 is 5.32 Å². The van der Waals surface area contributed by atoms with Crippen molar-refractivity contribution in [1.29, 1.82) is 0 Å². The summed E-state index contributed by atoms with van der Waals surface area (Å²) in [5, 5.41) is 2.96. The van der Waals surface area contributed by atoms with Crippen LogP contribution in [0.4, 0.5) is 0 Å². The fraction of sp³-hybridized carbons (Fsp3) is 0.435. The van der Waals surface area contributed by atoms with Gasteiger partial charge in [-0.15, -0.1) is 0 Å². The predicted octanol–water partition coefficient (Wildman–Crippen LogP) is 3.78. The number of nitrogens with one attached hydrogen (secondary N) is 1. The largest absolute Gasteiger partial charge is 0.365 e. The molecule has 0 atom stereocenters. The summed E-state index contributed by atoms with van der Waals surface area (Å²) in [5.41, 5.74) is 2.37. The molecule has 144 valence electrons. The summed E-state index contributed by atoms with van der Waals surface area (Å²) in [6.07, 6.45) is 2.06. The first-order chi connectivity index (χ1) is 13.1. The van der Waals surface area contributed by atoms with E-state index in [1.165, 1.54) is 11.1 Å². The van der Waals surface area contributed by atoms with Crippen LogP contribution in [0.5, 0.6) is 0 Å². The fourth-order valence-corrected chi connectivity index (χ4v) is 3.57. The molecule has 3 rings (SSSR count). The highest BCUT2D eigenvalue weighted by Crippen LogP contribution is 2.29. The summed E-state index contributed by atoms with van der Waals surface area (Å²) in [5.74, 6) is 0.107. The van der Waals surface area contributed by atoms with Gasteiger partial charge in [-0.05, 0) is 37.8 Å². The van der Waals surface area contributed by atoms with Crippen LogP contribution in [-0.2, 0) is 9.53 Å². The van der Waals surface area contributed by atoms with Crippen molar-refractivity contribution in [3.63, 3.8) is 0 Å². The quantitative estimate of drug-likeness (QED) is 0.811. The van der Waals surface area contributed by atoms with E-state index in [2.05, 4.69) is 58.7 Å². The molecule has 27 heavy (non-hydrogen) atoms. The van der Waals surface area contributed by atoms with Crippen LogP contribution in [0, 0.1) is 0 Å². The number of carbonyl (C=O) groups excluding carboxylic acids is 1. The SMILES string of the molecule is CC(C)NC(=O)CN1CCC(OC(c2ccccc2)c2ccccc2)CC1. The number of likely N-dealkylation sites (tertiary alicyclic amines) is 1. The standard InChI is InChI=1S/C23H30N2O2/c1-18(2)24-22(26)17-25-15-13-21(14-16-25)27-23(19-9-5-3-6-10-19)20-11-7-4-8-12-20/h3-12,18,21,23H,13-17H2,1-2H3,(H,24,26). The Morgan fingerprint density at radius 3 is 2.00 bits per heavy atom. The molecule has 1 fully saturated rings. The molecule has 2 aromatic rings. The minimum Gasteiger partial charge on any atom is -0.365 e. The maximum Gasteiger partial charge on any atom is 0.234 e. The van der Waals surface area contributed by atoms with Gasteiger partial charge in [0.1, 0.15) is 6.10 Å². The van der Waals surface area contributed by atoms with Gasteiger partial charge in [0.2, 0.25) is 5.91 Å². The van der Waals surface area contributed by atoms with E-state index in [4.69, 9.17) is 4.74 Å². The molecule has 1 aliphatic heterocycles. The number of amides is 1. The van der Waals surface area contributed by atoms with Crippen LogP contribution in [0.3, 0.4) is 0 Å². The van der Waals surface area contributed by atoms with Gasteiger partial charge in [-0.2, -0.15) is 0 Å². The number of rotatable bonds is 7. The van der Waals surface area contributed by atoms with Gasteiger partial charge in [-0.25, -0.2) is 0 Å². The lowest BCUT2D eigenvalue weighted by Crippen LogP contribution is -2.44. The van der Waals surface area contributed by atoms with E-state index >= 15 is 0 Å². The highest BCUT2D eigenvalue weighted by atomic mass is 16.5. The fourth-order valence-electron chi connectivity index (χ4n) is 3.57. The van der Waals surface area contributed by atoms with Gasteiger partial charge in [0.25, 0.3) is 0 Å². The average molecular weight is 367 g/mol. The van der Waals surface area contributed by atoms with E-state index in [-0.39, 0.29) is 24.2 Å². The van der Waals surface area contributed by atoms with Gasteiger partial charge in [0, 0.05) is 19.1 Å². The molecule has 0 bridgehead atoms. The van der Waals surface area contributed by atoms with Crippen molar-refractivity contribution >= 4 is 5.91 Å². The van der Waals surface area contributed by atoms with Crippen molar-refractivity contribution in [1.82, 2.24) is 10.2 Å². The van der Waals surface area contributed by atoms with Gasteiger partial charge in [-0.1, -0.05) is 60.7 Å². The average Bonchev–Trinajstić information content (AvgIpc) is 2.68. The first-order valence-electron chi connectivity index (χ1n) is 9.89. The van der Waals surface area contributed by atoms with Crippen LogP contribution in [0.2, 0.25) is 0 Å². The Bertz CT molecular complexity index is 655. The van der Waals surface area contributed by atoms with Crippen LogP contribution in [0.1, 0.15) is 43.9 Å². The topological polar surface area (TPSA) is 41.6 Å². The molecule has 1 N–H and O–H groups in total. The van der Waals surface area contributed by atoms with E-state index < -0.39 is 0 Å². The molecular formula is C23H30N2O2. The van der Waals surface area contributed by atoms with Crippen molar-refractivity contribution in [2.45, 2.75) is 44.9 Å². The summed E-state index contributed by atoms with van der Waals surface area (Å²) in [6.45, 7) is 6.25. The van der Waals surface area contributed by atoms with Crippen LogP contribution in [0.15, 0.2) is 60.7 Å². The zero-order chi connectivity index (χ0) is 19.1. The lowest BCUT2D eigenvalue weighted by atomic mass is 10.00. The zero-order valence-corrected chi connectivity index (χ0v) is 16.3. The minimum absolute atomic E-state index is 0.0480. The summed E-state index contributed by atoms with van der Waals surface area (Å²) < 4.78 is 6.55. The second-order valence-electron chi connectivity index (χ2n) is 7.54. The second-order valence-corrected chi connectivity index (χ2v) is 7.54. The smallest absolute Gasteiger partial charge is 0.234 e. The zero-order valence-electron chi connectivity index (χ0n) is 16.3.